The standard InChI is InChI=1S/C13H22N4O4/c1-9(2-3-11(18)19)6-14-12(20)16-4-5-17-10(8-16)7-15-13(17)21/h9-10H,2-8H2,1H3,(H,14,20)(H,15,21)(H,18,19). The first-order valence-electron chi connectivity index (χ1n) is 7.26. The Morgan fingerprint density at radius 1 is 1.48 bits per heavy atom. The van der Waals surface area contributed by atoms with Gasteiger partial charge in [0.1, 0.15) is 0 Å². The molecule has 2 aliphatic rings. The molecule has 0 saturated carbocycles. The molecule has 21 heavy (non-hydrogen) atoms. The number of urea groups is 2. The summed E-state index contributed by atoms with van der Waals surface area (Å²) < 4.78 is 0. The lowest BCUT2D eigenvalue weighted by molar-refractivity contribution is -0.137. The van der Waals surface area contributed by atoms with Crippen molar-refractivity contribution in [3.63, 3.8) is 0 Å². The summed E-state index contributed by atoms with van der Waals surface area (Å²) in [5, 5.41) is 14.2. The number of nitrogens with zero attached hydrogens (tertiary/aromatic N) is 2. The Morgan fingerprint density at radius 2 is 2.24 bits per heavy atom. The number of hydrogen-bond donors (Lipinski definition) is 3. The van der Waals surface area contributed by atoms with Crippen molar-refractivity contribution in [2.75, 3.05) is 32.7 Å². The van der Waals surface area contributed by atoms with E-state index in [1.165, 1.54) is 0 Å². The Morgan fingerprint density at radius 3 is 2.95 bits per heavy atom. The van der Waals surface area contributed by atoms with Gasteiger partial charge in [-0.3, -0.25) is 4.79 Å². The van der Waals surface area contributed by atoms with E-state index in [1.54, 1.807) is 9.80 Å². The molecule has 4 amide bonds. The van der Waals surface area contributed by atoms with Crippen molar-refractivity contribution in [1.82, 2.24) is 20.4 Å². The van der Waals surface area contributed by atoms with Gasteiger partial charge in [0.05, 0.1) is 6.04 Å². The minimum Gasteiger partial charge on any atom is -0.481 e. The predicted molar refractivity (Wildman–Crippen MR) is 74.9 cm³/mol. The third-order valence-electron chi connectivity index (χ3n) is 3.97. The van der Waals surface area contributed by atoms with E-state index in [4.69, 9.17) is 5.11 Å². The number of nitrogens with one attached hydrogen (secondary N) is 2. The summed E-state index contributed by atoms with van der Waals surface area (Å²) in [4.78, 5) is 37.5. The van der Waals surface area contributed by atoms with Crippen molar-refractivity contribution in [1.29, 1.82) is 0 Å². The summed E-state index contributed by atoms with van der Waals surface area (Å²) in [5.74, 6) is -0.691. The third-order valence-corrected chi connectivity index (χ3v) is 3.97. The maximum Gasteiger partial charge on any atom is 0.317 e. The molecule has 0 aromatic heterocycles. The van der Waals surface area contributed by atoms with Gasteiger partial charge in [0.2, 0.25) is 0 Å². The minimum absolute atomic E-state index is 0.0534. The van der Waals surface area contributed by atoms with Crippen LogP contribution in [-0.2, 0) is 4.79 Å². The summed E-state index contributed by atoms with van der Waals surface area (Å²) in [7, 11) is 0. The normalized spacial score (nSPS) is 22.5. The molecule has 0 spiro atoms. The van der Waals surface area contributed by atoms with Crippen molar-refractivity contribution >= 4 is 18.0 Å². The number of hydrogen-bond acceptors (Lipinski definition) is 3. The molecule has 2 unspecified atom stereocenters. The number of piperazine rings is 1. The average molecular weight is 298 g/mol. The van der Waals surface area contributed by atoms with E-state index in [1.807, 2.05) is 6.92 Å². The molecule has 0 aromatic rings. The molecule has 2 saturated heterocycles. The Hall–Kier alpha value is -1.99. The van der Waals surface area contributed by atoms with Gasteiger partial charge in [-0.2, -0.15) is 0 Å². The zero-order chi connectivity index (χ0) is 15.4. The van der Waals surface area contributed by atoms with Gasteiger partial charge in [-0.15, -0.1) is 0 Å². The maximum absolute atomic E-state index is 12.1. The molecule has 2 rings (SSSR count). The quantitative estimate of drug-likeness (QED) is 0.660. The predicted octanol–water partition coefficient (Wildman–Crippen LogP) is -0.0937. The molecule has 2 fully saturated rings. The molecule has 2 heterocycles. The monoisotopic (exact) mass is 298 g/mol. The number of carboxylic acids is 1. The van der Waals surface area contributed by atoms with Gasteiger partial charge in [-0.05, 0) is 12.3 Å². The summed E-state index contributed by atoms with van der Waals surface area (Å²) in [6.07, 6.45) is 0.663. The second-order valence-electron chi connectivity index (χ2n) is 5.70. The number of carboxylic acid groups (broad SMARTS) is 1. The topological polar surface area (TPSA) is 102 Å². The van der Waals surface area contributed by atoms with E-state index >= 15 is 0 Å². The van der Waals surface area contributed by atoms with E-state index in [0.29, 0.717) is 39.1 Å². The molecule has 0 radical (unpaired) electrons. The molecular formula is C13H22N4O4. The van der Waals surface area contributed by atoms with Crippen LogP contribution in [0.25, 0.3) is 0 Å². The molecule has 3 N–H and O–H groups in total. The fraction of sp³-hybridized carbons (Fsp3) is 0.769. The largest absolute Gasteiger partial charge is 0.481 e. The Balaban J connectivity index is 1.72. The van der Waals surface area contributed by atoms with E-state index in [9.17, 15) is 14.4 Å². The summed E-state index contributed by atoms with van der Waals surface area (Å²) in [6, 6.07) is -0.139. The highest BCUT2D eigenvalue weighted by Crippen LogP contribution is 2.14. The molecule has 8 heteroatoms. The lowest BCUT2D eigenvalue weighted by Gasteiger charge is -2.36. The first kappa shape index (κ1) is 15.4. The Labute approximate surface area is 123 Å². The number of amides is 4. The molecule has 2 atom stereocenters. The second-order valence-corrected chi connectivity index (χ2v) is 5.70. The minimum atomic E-state index is -0.817. The van der Waals surface area contributed by atoms with Crippen LogP contribution in [0.2, 0.25) is 0 Å². The fourth-order valence-electron chi connectivity index (χ4n) is 2.63. The zero-order valence-corrected chi connectivity index (χ0v) is 12.2. The first-order chi connectivity index (χ1) is 9.97. The Bertz CT molecular complexity index is 428. The van der Waals surface area contributed by atoms with Gasteiger partial charge >= 0.3 is 18.0 Å². The SMILES string of the molecule is CC(CCC(=O)O)CNC(=O)N1CCN2C(=O)NCC2C1. The molecule has 0 bridgehead atoms. The molecule has 0 aliphatic carbocycles. The number of fused-ring (bicyclic) bond motifs is 1. The lowest BCUT2D eigenvalue weighted by Crippen LogP contribution is -2.56. The number of carbonyl (C=O) groups excluding carboxylic acids is 2. The molecular weight excluding hydrogens is 276 g/mol. The number of aliphatic carboxylic acids is 1. The molecule has 118 valence electrons. The van der Waals surface area contributed by atoms with Crippen molar-refractivity contribution < 1.29 is 19.5 Å². The first-order valence-corrected chi connectivity index (χ1v) is 7.26. The third kappa shape index (κ3) is 3.99. The van der Waals surface area contributed by atoms with Gasteiger partial charge in [0.25, 0.3) is 0 Å². The zero-order valence-electron chi connectivity index (χ0n) is 12.2. The van der Waals surface area contributed by atoms with E-state index < -0.39 is 5.97 Å². The van der Waals surface area contributed by atoms with Crippen LogP contribution in [0.15, 0.2) is 0 Å². The van der Waals surface area contributed by atoms with Gasteiger partial charge in [0, 0.05) is 39.1 Å². The van der Waals surface area contributed by atoms with Crippen LogP contribution in [0, 0.1) is 5.92 Å². The van der Waals surface area contributed by atoms with Crippen molar-refractivity contribution in [2.45, 2.75) is 25.8 Å². The van der Waals surface area contributed by atoms with Crippen molar-refractivity contribution in [3.8, 4) is 0 Å². The van der Waals surface area contributed by atoms with Crippen molar-refractivity contribution in [2.24, 2.45) is 5.92 Å². The highest BCUT2D eigenvalue weighted by atomic mass is 16.4. The van der Waals surface area contributed by atoms with E-state index in [-0.39, 0.29) is 30.4 Å². The van der Waals surface area contributed by atoms with Crippen molar-refractivity contribution in [3.05, 3.63) is 0 Å². The average Bonchev–Trinajstić information content (AvgIpc) is 2.83. The van der Waals surface area contributed by atoms with Crippen LogP contribution in [0.4, 0.5) is 9.59 Å². The van der Waals surface area contributed by atoms with Crippen LogP contribution in [0.3, 0.4) is 0 Å². The van der Waals surface area contributed by atoms with E-state index in [0.717, 1.165) is 0 Å². The number of rotatable bonds is 5. The summed E-state index contributed by atoms with van der Waals surface area (Å²) in [6.45, 7) is 4.58. The highest BCUT2D eigenvalue weighted by Gasteiger charge is 2.36. The second kappa shape index (κ2) is 6.64. The molecule has 8 nitrogen and oxygen atoms in total. The summed E-state index contributed by atoms with van der Waals surface area (Å²) >= 11 is 0. The van der Waals surface area contributed by atoms with Gasteiger partial charge < -0.3 is 25.5 Å². The van der Waals surface area contributed by atoms with Gasteiger partial charge in [0.15, 0.2) is 0 Å². The van der Waals surface area contributed by atoms with Crippen LogP contribution in [0.1, 0.15) is 19.8 Å². The van der Waals surface area contributed by atoms with Crippen LogP contribution >= 0.6 is 0 Å². The lowest BCUT2D eigenvalue weighted by atomic mass is 10.1. The van der Waals surface area contributed by atoms with E-state index in [2.05, 4.69) is 10.6 Å². The van der Waals surface area contributed by atoms with Gasteiger partial charge in [-0.25, -0.2) is 9.59 Å². The maximum atomic E-state index is 12.1. The van der Waals surface area contributed by atoms with Crippen LogP contribution < -0.4 is 10.6 Å². The van der Waals surface area contributed by atoms with Gasteiger partial charge in [-0.1, -0.05) is 6.92 Å². The fourth-order valence-corrected chi connectivity index (χ4v) is 2.63. The van der Waals surface area contributed by atoms with Crippen LogP contribution in [-0.4, -0.2) is 71.7 Å². The molecule has 0 aromatic carbocycles. The number of carbonyl (C=O) groups is 3. The van der Waals surface area contributed by atoms with Crippen LogP contribution in [0.5, 0.6) is 0 Å². The Kier molecular flexibility index (Phi) is 4.87. The smallest absolute Gasteiger partial charge is 0.317 e. The highest BCUT2D eigenvalue weighted by molar-refractivity contribution is 5.78. The molecule has 2 aliphatic heterocycles. The summed E-state index contributed by atoms with van der Waals surface area (Å²) in [5.41, 5.74) is 0.